The highest BCUT2D eigenvalue weighted by Crippen LogP contribution is 2.50. The molecule has 1 aliphatic rings. The molecule has 2 atom stereocenters. The number of hydrogen-bond acceptors (Lipinski definition) is 3. The van der Waals surface area contributed by atoms with Crippen molar-refractivity contribution in [1.29, 1.82) is 5.26 Å². The van der Waals surface area contributed by atoms with E-state index in [1.165, 1.54) is 5.56 Å². The van der Waals surface area contributed by atoms with Crippen molar-refractivity contribution in [2.45, 2.75) is 32.6 Å². The smallest absolute Gasteiger partial charge is 0.317 e. The van der Waals surface area contributed by atoms with Gasteiger partial charge < -0.3 is 20.5 Å². The molecule has 1 aromatic carbocycles. The Morgan fingerprint density at radius 1 is 1.37 bits per heavy atom. The monoisotopic (exact) mass is 367 g/mol. The molecule has 0 radical (unpaired) electrons. The third-order valence-electron chi connectivity index (χ3n) is 5.23. The number of urea groups is 1. The lowest BCUT2D eigenvalue weighted by molar-refractivity contribution is 0.195. The molecule has 3 N–H and O–H groups in total. The Morgan fingerprint density at radius 3 is 2.96 bits per heavy atom. The molecule has 1 fully saturated rings. The van der Waals surface area contributed by atoms with Gasteiger partial charge in [0.1, 0.15) is 0 Å². The highest BCUT2D eigenvalue weighted by molar-refractivity contribution is 5.85. The van der Waals surface area contributed by atoms with Crippen LogP contribution in [0.25, 0.3) is 10.9 Å². The molecular weight excluding hydrogens is 338 g/mol. The number of amides is 2. The molecule has 2 aromatic rings. The van der Waals surface area contributed by atoms with Crippen LogP contribution in [0, 0.1) is 17.2 Å². The number of carbonyl (C=O) groups excluding carboxylic acids is 1. The molecule has 0 aliphatic heterocycles. The van der Waals surface area contributed by atoms with Gasteiger partial charge in [0.25, 0.3) is 0 Å². The molecule has 1 aromatic heterocycles. The molecule has 1 heterocycles. The Bertz CT molecular complexity index is 822. The molecule has 3 rings (SSSR count). The number of likely N-dealkylation sites (N-methyl/N-ethyl adjacent to an activating group) is 1. The summed E-state index contributed by atoms with van der Waals surface area (Å²) in [6.45, 7) is 8.09. The first-order valence-corrected chi connectivity index (χ1v) is 9.92. The van der Waals surface area contributed by atoms with Crippen molar-refractivity contribution in [1.82, 2.24) is 20.5 Å². The zero-order valence-electron chi connectivity index (χ0n) is 16.2. The van der Waals surface area contributed by atoms with Gasteiger partial charge in [0.2, 0.25) is 0 Å². The van der Waals surface area contributed by atoms with Crippen molar-refractivity contribution < 1.29 is 4.79 Å². The van der Waals surface area contributed by atoms with Crippen LogP contribution in [0.15, 0.2) is 24.4 Å². The zero-order chi connectivity index (χ0) is 19.2. The van der Waals surface area contributed by atoms with Crippen LogP contribution >= 0.6 is 0 Å². The summed E-state index contributed by atoms with van der Waals surface area (Å²) in [5.74, 6) is 0.947. The first-order valence-electron chi connectivity index (χ1n) is 9.92. The summed E-state index contributed by atoms with van der Waals surface area (Å²) < 4.78 is 0. The van der Waals surface area contributed by atoms with E-state index in [0.29, 0.717) is 23.9 Å². The van der Waals surface area contributed by atoms with E-state index >= 15 is 0 Å². The number of hydrogen-bond donors (Lipinski definition) is 3. The molecule has 27 heavy (non-hydrogen) atoms. The Labute approximate surface area is 160 Å². The number of nitrogens with zero attached hydrogens (tertiary/aromatic N) is 2. The van der Waals surface area contributed by atoms with E-state index in [1.54, 1.807) is 0 Å². The molecule has 6 heteroatoms. The summed E-state index contributed by atoms with van der Waals surface area (Å²) in [6.07, 6.45) is 4.11. The van der Waals surface area contributed by atoms with Gasteiger partial charge in [-0.1, -0.05) is 13.8 Å². The molecule has 0 spiro atoms. The third-order valence-corrected chi connectivity index (χ3v) is 5.23. The second kappa shape index (κ2) is 8.92. The first-order chi connectivity index (χ1) is 13.2. The molecule has 0 saturated heterocycles. The van der Waals surface area contributed by atoms with Crippen molar-refractivity contribution in [3.05, 3.63) is 35.5 Å². The van der Waals surface area contributed by atoms with Gasteiger partial charge in [-0.2, -0.15) is 5.26 Å². The summed E-state index contributed by atoms with van der Waals surface area (Å²) in [6, 6.07) is 8.03. The van der Waals surface area contributed by atoms with Crippen LogP contribution in [-0.4, -0.2) is 48.6 Å². The summed E-state index contributed by atoms with van der Waals surface area (Å²) in [5.41, 5.74) is 3.03. The Morgan fingerprint density at radius 2 is 2.22 bits per heavy atom. The maximum absolute atomic E-state index is 12.5. The predicted octanol–water partition coefficient (Wildman–Crippen LogP) is 3.17. The highest BCUT2D eigenvalue weighted by atomic mass is 16.2. The maximum atomic E-state index is 12.5. The van der Waals surface area contributed by atoms with Gasteiger partial charge in [0.15, 0.2) is 0 Å². The fourth-order valence-electron chi connectivity index (χ4n) is 3.72. The number of nitrogens with one attached hydrogen (secondary N) is 3. The van der Waals surface area contributed by atoms with Crippen LogP contribution in [0.2, 0.25) is 0 Å². The number of rotatable bonds is 9. The van der Waals surface area contributed by atoms with Crippen molar-refractivity contribution in [3.63, 3.8) is 0 Å². The molecule has 6 nitrogen and oxygen atoms in total. The van der Waals surface area contributed by atoms with Crippen molar-refractivity contribution in [3.8, 4) is 6.07 Å². The number of aromatic amines is 1. The average molecular weight is 367 g/mol. The van der Waals surface area contributed by atoms with Gasteiger partial charge in [0, 0.05) is 43.3 Å². The fraction of sp³-hybridized carbons (Fsp3) is 0.524. The molecular formula is C21H29N5O. The predicted molar refractivity (Wildman–Crippen MR) is 108 cm³/mol. The van der Waals surface area contributed by atoms with E-state index in [2.05, 4.69) is 41.7 Å². The normalized spacial score (nSPS) is 18.3. The molecule has 2 amide bonds. The van der Waals surface area contributed by atoms with Crippen molar-refractivity contribution >= 4 is 16.9 Å². The first kappa shape index (κ1) is 19.2. The number of benzene rings is 1. The van der Waals surface area contributed by atoms with Crippen LogP contribution < -0.4 is 10.6 Å². The summed E-state index contributed by atoms with van der Waals surface area (Å²) in [7, 11) is 0. The molecule has 1 aliphatic carbocycles. The number of aromatic nitrogens is 1. The van der Waals surface area contributed by atoms with E-state index in [0.717, 1.165) is 49.9 Å². The highest BCUT2D eigenvalue weighted by Gasteiger charge is 2.41. The second-order valence-electron chi connectivity index (χ2n) is 7.25. The Balaban J connectivity index is 1.61. The third kappa shape index (κ3) is 4.61. The van der Waals surface area contributed by atoms with Gasteiger partial charge in [-0.3, -0.25) is 0 Å². The Hall–Kier alpha value is -2.52. The van der Waals surface area contributed by atoms with Crippen LogP contribution in [0.3, 0.4) is 0 Å². The summed E-state index contributed by atoms with van der Waals surface area (Å²) in [5, 5.41) is 16.5. The van der Waals surface area contributed by atoms with Gasteiger partial charge in [0.05, 0.1) is 11.6 Å². The molecule has 1 saturated carbocycles. The SMILES string of the molecule is CCCN(C[C@@H]1C[C@H]1c1c[nH]c2ccc(C#N)cc12)C(=O)NCCNCC. The van der Waals surface area contributed by atoms with Crippen LogP contribution in [0.5, 0.6) is 0 Å². The van der Waals surface area contributed by atoms with Gasteiger partial charge >= 0.3 is 6.03 Å². The molecule has 144 valence electrons. The summed E-state index contributed by atoms with van der Waals surface area (Å²) >= 11 is 0. The fourth-order valence-corrected chi connectivity index (χ4v) is 3.72. The summed E-state index contributed by atoms with van der Waals surface area (Å²) in [4.78, 5) is 17.8. The lowest BCUT2D eigenvalue weighted by Crippen LogP contribution is -2.43. The largest absolute Gasteiger partial charge is 0.361 e. The minimum absolute atomic E-state index is 0.0334. The van der Waals surface area contributed by atoms with Gasteiger partial charge in [-0.05, 0) is 55.0 Å². The molecule has 0 unspecified atom stereocenters. The van der Waals surface area contributed by atoms with Crippen LogP contribution in [-0.2, 0) is 0 Å². The minimum atomic E-state index is 0.0334. The lowest BCUT2D eigenvalue weighted by Gasteiger charge is -2.23. The van der Waals surface area contributed by atoms with E-state index < -0.39 is 0 Å². The number of H-pyrrole nitrogens is 1. The zero-order valence-corrected chi connectivity index (χ0v) is 16.2. The number of fused-ring (bicyclic) bond motifs is 1. The van der Waals surface area contributed by atoms with Crippen LogP contribution in [0.4, 0.5) is 4.79 Å². The van der Waals surface area contributed by atoms with E-state index in [4.69, 9.17) is 5.26 Å². The van der Waals surface area contributed by atoms with Crippen molar-refractivity contribution in [2.75, 3.05) is 32.7 Å². The standard InChI is InChI=1S/C21H29N5O/c1-3-9-26(21(27)24-8-7-23-4-2)14-16-11-17(16)19-13-25-20-6-5-15(12-22)10-18(19)20/h5-6,10,13,16-17,23,25H,3-4,7-9,11,14H2,1-2H3,(H,24,27)/t16-,17+/m0/s1. The minimum Gasteiger partial charge on any atom is -0.361 e. The van der Waals surface area contributed by atoms with Crippen LogP contribution in [0.1, 0.15) is 43.7 Å². The second-order valence-corrected chi connectivity index (χ2v) is 7.25. The van der Waals surface area contributed by atoms with E-state index in [9.17, 15) is 4.79 Å². The topological polar surface area (TPSA) is 84.0 Å². The average Bonchev–Trinajstić information content (AvgIpc) is 3.31. The molecule has 0 bridgehead atoms. The van der Waals surface area contributed by atoms with Gasteiger partial charge in [-0.15, -0.1) is 0 Å². The van der Waals surface area contributed by atoms with Gasteiger partial charge in [-0.25, -0.2) is 4.79 Å². The quantitative estimate of drug-likeness (QED) is 0.595. The Kier molecular flexibility index (Phi) is 6.36. The number of carbonyl (C=O) groups is 1. The number of nitriles is 1. The van der Waals surface area contributed by atoms with Crippen molar-refractivity contribution in [2.24, 2.45) is 5.92 Å². The van der Waals surface area contributed by atoms with E-state index in [1.807, 2.05) is 23.1 Å². The lowest BCUT2D eigenvalue weighted by atomic mass is 10.1. The maximum Gasteiger partial charge on any atom is 0.317 e. The van der Waals surface area contributed by atoms with E-state index in [-0.39, 0.29) is 6.03 Å².